The molecular formula is C22H20ClN3O3S. The Kier molecular flexibility index (Phi) is 6.13. The van der Waals surface area contributed by atoms with E-state index in [1.165, 1.54) is 22.6 Å². The third-order valence-corrected chi connectivity index (χ3v) is 6.61. The zero-order valence-electron chi connectivity index (χ0n) is 16.1. The van der Waals surface area contributed by atoms with Gasteiger partial charge in [-0.1, -0.05) is 35.9 Å². The average molecular weight is 442 g/mol. The van der Waals surface area contributed by atoms with Gasteiger partial charge in [-0.25, -0.2) is 0 Å². The van der Waals surface area contributed by atoms with Gasteiger partial charge in [0.15, 0.2) is 0 Å². The van der Waals surface area contributed by atoms with Gasteiger partial charge >= 0.3 is 0 Å². The van der Waals surface area contributed by atoms with E-state index < -0.39 is 10.8 Å². The Morgan fingerprint density at radius 1 is 1.20 bits per heavy atom. The Balaban J connectivity index is 1.56. The van der Waals surface area contributed by atoms with Crippen LogP contribution in [0.2, 0.25) is 5.02 Å². The first-order valence-electron chi connectivity index (χ1n) is 9.59. The Hall–Kier alpha value is -2.74. The van der Waals surface area contributed by atoms with E-state index in [4.69, 9.17) is 11.6 Å². The van der Waals surface area contributed by atoms with Crippen LogP contribution < -0.4 is 5.32 Å². The van der Waals surface area contributed by atoms with E-state index in [1.54, 1.807) is 23.5 Å². The SMILES string of the molecule is O=C(NCC(c1ccc(Cl)cc1)N1CCc2sccc2C1)c1ccccc1[N+](=O)[O-]. The molecule has 1 unspecified atom stereocenters. The highest BCUT2D eigenvalue weighted by Crippen LogP contribution is 2.31. The molecule has 0 bridgehead atoms. The summed E-state index contributed by atoms with van der Waals surface area (Å²) in [7, 11) is 0. The molecule has 2 heterocycles. The number of nitro groups is 1. The number of halogens is 1. The van der Waals surface area contributed by atoms with Crippen molar-refractivity contribution < 1.29 is 9.72 Å². The fourth-order valence-corrected chi connectivity index (χ4v) is 4.80. The number of para-hydroxylation sites is 1. The Bertz CT molecular complexity index is 1070. The minimum absolute atomic E-state index is 0.0659. The predicted octanol–water partition coefficient (Wildman–Crippen LogP) is 4.84. The molecule has 30 heavy (non-hydrogen) atoms. The van der Waals surface area contributed by atoms with Crippen molar-refractivity contribution in [3.63, 3.8) is 0 Å². The van der Waals surface area contributed by atoms with Crippen LogP contribution in [0.5, 0.6) is 0 Å². The lowest BCUT2D eigenvalue weighted by Gasteiger charge is -2.35. The highest BCUT2D eigenvalue weighted by Gasteiger charge is 2.27. The molecule has 0 radical (unpaired) electrons. The van der Waals surface area contributed by atoms with Crippen LogP contribution in [-0.4, -0.2) is 28.8 Å². The molecule has 0 saturated carbocycles. The van der Waals surface area contributed by atoms with Gasteiger partial charge < -0.3 is 5.32 Å². The van der Waals surface area contributed by atoms with E-state index in [1.807, 2.05) is 24.3 Å². The first-order chi connectivity index (χ1) is 14.5. The van der Waals surface area contributed by atoms with Crippen LogP contribution in [0.25, 0.3) is 0 Å². The van der Waals surface area contributed by atoms with Crippen molar-refractivity contribution in [2.45, 2.75) is 19.0 Å². The quantitative estimate of drug-likeness (QED) is 0.438. The summed E-state index contributed by atoms with van der Waals surface area (Å²) in [5, 5.41) is 16.9. The van der Waals surface area contributed by atoms with E-state index in [0.717, 1.165) is 25.1 Å². The summed E-state index contributed by atoms with van der Waals surface area (Å²) in [6.45, 7) is 2.02. The van der Waals surface area contributed by atoms with Gasteiger partial charge in [0, 0.05) is 35.6 Å². The van der Waals surface area contributed by atoms with Crippen LogP contribution in [-0.2, 0) is 13.0 Å². The number of hydrogen-bond acceptors (Lipinski definition) is 5. The molecule has 1 aromatic heterocycles. The standard InChI is InChI=1S/C22H20ClN3O3S/c23-17-7-5-15(6-8-17)20(25-11-9-21-16(14-25)10-12-30-21)13-24-22(27)18-3-1-2-4-19(18)26(28)29/h1-8,10,12,20H,9,11,13-14H2,(H,24,27). The molecule has 0 fully saturated rings. The number of carbonyl (C=O) groups excluding carboxylic acids is 1. The first kappa shape index (κ1) is 20.5. The third-order valence-electron chi connectivity index (χ3n) is 5.33. The summed E-state index contributed by atoms with van der Waals surface area (Å²) in [5.74, 6) is -0.450. The van der Waals surface area contributed by atoms with Gasteiger partial charge in [0.25, 0.3) is 11.6 Å². The van der Waals surface area contributed by atoms with Crippen molar-refractivity contribution in [2.24, 2.45) is 0 Å². The second-order valence-electron chi connectivity index (χ2n) is 7.14. The van der Waals surface area contributed by atoms with Crippen molar-refractivity contribution in [3.05, 3.63) is 96.7 Å². The van der Waals surface area contributed by atoms with Crippen LogP contribution in [0, 0.1) is 10.1 Å². The maximum absolute atomic E-state index is 12.7. The van der Waals surface area contributed by atoms with E-state index in [-0.39, 0.29) is 17.3 Å². The average Bonchev–Trinajstić information content (AvgIpc) is 3.23. The number of fused-ring (bicyclic) bond motifs is 1. The monoisotopic (exact) mass is 441 g/mol. The van der Waals surface area contributed by atoms with Gasteiger partial charge in [-0.05, 0) is 47.2 Å². The van der Waals surface area contributed by atoms with Crippen molar-refractivity contribution in [1.82, 2.24) is 10.2 Å². The third kappa shape index (κ3) is 4.38. The van der Waals surface area contributed by atoms with Crippen LogP contribution in [0.3, 0.4) is 0 Å². The summed E-state index contributed by atoms with van der Waals surface area (Å²) < 4.78 is 0. The molecule has 0 saturated heterocycles. The summed E-state index contributed by atoms with van der Waals surface area (Å²) in [6, 6.07) is 15.7. The number of thiophene rings is 1. The molecule has 1 N–H and O–H groups in total. The van der Waals surface area contributed by atoms with Gasteiger partial charge in [-0.15, -0.1) is 11.3 Å². The lowest BCUT2D eigenvalue weighted by molar-refractivity contribution is -0.385. The fourth-order valence-electron chi connectivity index (χ4n) is 3.79. The summed E-state index contributed by atoms with van der Waals surface area (Å²) >= 11 is 7.84. The number of rotatable bonds is 6. The largest absolute Gasteiger partial charge is 0.350 e. The van der Waals surface area contributed by atoms with Gasteiger partial charge in [0.1, 0.15) is 5.56 Å². The molecule has 3 aromatic rings. The van der Waals surface area contributed by atoms with Crippen LogP contribution >= 0.6 is 22.9 Å². The molecule has 154 valence electrons. The maximum atomic E-state index is 12.7. The number of hydrogen-bond donors (Lipinski definition) is 1. The normalized spacial score (nSPS) is 14.7. The number of benzene rings is 2. The maximum Gasteiger partial charge on any atom is 0.282 e. The molecular weight excluding hydrogens is 422 g/mol. The summed E-state index contributed by atoms with van der Waals surface area (Å²) in [6.07, 6.45) is 0.967. The van der Waals surface area contributed by atoms with Crippen molar-refractivity contribution in [3.8, 4) is 0 Å². The lowest BCUT2D eigenvalue weighted by Crippen LogP contribution is -2.40. The second-order valence-corrected chi connectivity index (χ2v) is 8.58. The van der Waals surface area contributed by atoms with E-state index in [2.05, 4.69) is 21.7 Å². The van der Waals surface area contributed by atoms with Crippen molar-refractivity contribution in [2.75, 3.05) is 13.1 Å². The topological polar surface area (TPSA) is 75.5 Å². The van der Waals surface area contributed by atoms with E-state index in [9.17, 15) is 14.9 Å². The molecule has 4 rings (SSSR count). The highest BCUT2D eigenvalue weighted by atomic mass is 35.5. The Morgan fingerprint density at radius 2 is 1.97 bits per heavy atom. The Morgan fingerprint density at radius 3 is 2.73 bits per heavy atom. The van der Waals surface area contributed by atoms with E-state index >= 15 is 0 Å². The smallest absolute Gasteiger partial charge is 0.282 e. The Labute approximate surface area is 183 Å². The molecule has 1 amide bonds. The molecule has 8 heteroatoms. The highest BCUT2D eigenvalue weighted by molar-refractivity contribution is 7.10. The molecule has 1 aliphatic heterocycles. The molecule has 0 aliphatic carbocycles. The number of nitrogens with one attached hydrogen (secondary N) is 1. The molecule has 1 aliphatic rings. The van der Waals surface area contributed by atoms with Crippen LogP contribution in [0.1, 0.15) is 32.4 Å². The second kappa shape index (κ2) is 8.95. The molecule has 2 aromatic carbocycles. The summed E-state index contributed by atoms with van der Waals surface area (Å²) in [5.41, 5.74) is 2.23. The number of nitro benzene ring substituents is 1. The number of amides is 1. The minimum atomic E-state index is -0.533. The van der Waals surface area contributed by atoms with E-state index in [0.29, 0.717) is 11.6 Å². The van der Waals surface area contributed by atoms with Gasteiger partial charge in [0.05, 0.1) is 11.0 Å². The molecule has 6 nitrogen and oxygen atoms in total. The predicted molar refractivity (Wildman–Crippen MR) is 118 cm³/mol. The van der Waals surface area contributed by atoms with Gasteiger partial charge in [-0.2, -0.15) is 0 Å². The minimum Gasteiger partial charge on any atom is -0.350 e. The molecule has 1 atom stereocenters. The van der Waals surface area contributed by atoms with Crippen LogP contribution in [0.15, 0.2) is 60.0 Å². The number of nitrogens with zero attached hydrogens (tertiary/aromatic N) is 2. The fraction of sp³-hybridized carbons (Fsp3) is 0.227. The first-order valence-corrected chi connectivity index (χ1v) is 10.8. The lowest BCUT2D eigenvalue weighted by atomic mass is 10.0. The molecule has 0 spiro atoms. The summed E-state index contributed by atoms with van der Waals surface area (Å²) in [4.78, 5) is 27.2. The van der Waals surface area contributed by atoms with Crippen molar-refractivity contribution in [1.29, 1.82) is 0 Å². The number of carbonyl (C=O) groups is 1. The zero-order chi connectivity index (χ0) is 21.1. The van der Waals surface area contributed by atoms with Crippen LogP contribution in [0.4, 0.5) is 5.69 Å². The van der Waals surface area contributed by atoms with Gasteiger partial charge in [0.2, 0.25) is 0 Å². The zero-order valence-corrected chi connectivity index (χ0v) is 17.7. The van der Waals surface area contributed by atoms with Crippen molar-refractivity contribution >= 4 is 34.5 Å². The van der Waals surface area contributed by atoms with Gasteiger partial charge in [-0.3, -0.25) is 19.8 Å².